The largest absolute Gasteiger partial charge is 0.361 e. The Morgan fingerprint density at radius 3 is 2.64 bits per heavy atom. The summed E-state index contributed by atoms with van der Waals surface area (Å²) in [6.45, 7) is 3.07. The second-order valence-corrected chi connectivity index (χ2v) is 7.90. The summed E-state index contributed by atoms with van der Waals surface area (Å²) >= 11 is 0. The molecule has 0 radical (unpaired) electrons. The molecule has 142 valence electrons. The summed E-state index contributed by atoms with van der Waals surface area (Å²) in [6, 6.07) is 16.3. The first-order chi connectivity index (χ1) is 13.6. The van der Waals surface area contributed by atoms with Gasteiger partial charge in [0.2, 0.25) is 11.8 Å². The Kier molecular flexibility index (Phi) is 3.97. The van der Waals surface area contributed by atoms with E-state index in [0.29, 0.717) is 18.9 Å². The average molecular weight is 373 g/mol. The highest BCUT2D eigenvalue weighted by Gasteiger charge is 2.47. The summed E-state index contributed by atoms with van der Waals surface area (Å²) in [5.74, 6) is 0.675. The molecule has 5 rings (SSSR count). The van der Waals surface area contributed by atoms with Crippen LogP contribution in [-0.4, -0.2) is 34.8 Å². The quantitative estimate of drug-likeness (QED) is 0.741. The third-order valence-corrected chi connectivity index (χ3v) is 6.31. The lowest BCUT2D eigenvalue weighted by Gasteiger charge is -2.22. The van der Waals surface area contributed by atoms with Crippen molar-refractivity contribution in [3.8, 4) is 0 Å². The number of aromatic nitrogens is 1. The number of rotatable bonds is 3. The molecule has 1 fully saturated rings. The van der Waals surface area contributed by atoms with Gasteiger partial charge in [0.25, 0.3) is 0 Å². The monoisotopic (exact) mass is 373 g/mol. The third kappa shape index (κ3) is 2.70. The van der Waals surface area contributed by atoms with Crippen molar-refractivity contribution in [2.45, 2.75) is 25.3 Å². The van der Waals surface area contributed by atoms with E-state index < -0.39 is 0 Å². The molecule has 1 aliphatic heterocycles. The van der Waals surface area contributed by atoms with E-state index in [4.69, 9.17) is 0 Å². The first-order valence-electron chi connectivity index (χ1n) is 9.80. The van der Waals surface area contributed by atoms with Gasteiger partial charge in [-0.1, -0.05) is 42.5 Å². The SMILES string of the molecule is CC(=O)N1C[C@H]2[C@@H](C1)c1ccccc1[C@@H]2NC(=O)Cc1c[nH]c2ccccc12. The molecule has 0 spiro atoms. The Morgan fingerprint density at radius 1 is 1.07 bits per heavy atom. The minimum absolute atomic E-state index is 0.0199. The zero-order valence-corrected chi connectivity index (χ0v) is 15.8. The number of likely N-dealkylation sites (tertiary alicyclic amines) is 1. The summed E-state index contributed by atoms with van der Waals surface area (Å²) in [5, 5.41) is 4.37. The van der Waals surface area contributed by atoms with E-state index in [1.54, 1.807) is 6.92 Å². The molecule has 2 aromatic carbocycles. The van der Waals surface area contributed by atoms with Crippen LogP contribution in [0.1, 0.15) is 35.6 Å². The summed E-state index contributed by atoms with van der Waals surface area (Å²) in [4.78, 5) is 29.9. The number of carbonyl (C=O) groups excluding carboxylic acids is 2. The van der Waals surface area contributed by atoms with E-state index in [9.17, 15) is 9.59 Å². The molecule has 0 unspecified atom stereocenters. The highest BCUT2D eigenvalue weighted by Crippen LogP contribution is 2.49. The van der Waals surface area contributed by atoms with Crippen molar-refractivity contribution < 1.29 is 9.59 Å². The predicted molar refractivity (Wildman–Crippen MR) is 108 cm³/mol. The minimum atomic E-state index is -0.0387. The summed E-state index contributed by atoms with van der Waals surface area (Å²) in [7, 11) is 0. The Bertz CT molecular complexity index is 1070. The molecule has 1 saturated heterocycles. The first-order valence-corrected chi connectivity index (χ1v) is 9.80. The first kappa shape index (κ1) is 17.0. The van der Waals surface area contributed by atoms with Gasteiger partial charge in [-0.25, -0.2) is 0 Å². The van der Waals surface area contributed by atoms with Crippen LogP contribution in [0.25, 0.3) is 10.9 Å². The number of nitrogens with one attached hydrogen (secondary N) is 2. The van der Waals surface area contributed by atoms with E-state index in [1.165, 1.54) is 11.1 Å². The Morgan fingerprint density at radius 2 is 1.82 bits per heavy atom. The number of hydrogen-bond acceptors (Lipinski definition) is 2. The van der Waals surface area contributed by atoms with Crippen LogP contribution in [0.5, 0.6) is 0 Å². The van der Waals surface area contributed by atoms with Gasteiger partial charge < -0.3 is 15.2 Å². The van der Waals surface area contributed by atoms with Crippen molar-refractivity contribution in [1.82, 2.24) is 15.2 Å². The van der Waals surface area contributed by atoms with Gasteiger partial charge in [-0.3, -0.25) is 9.59 Å². The molecule has 3 atom stereocenters. The molecule has 1 aliphatic carbocycles. The van der Waals surface area contributed by atoms with Crippen LogP contribution in [0.4, 0.5) is 0 Å². The summed E-state index contributed by atoms with van der Waals surface area (Å²) in [6.07, 6.45) is 2.26. The molecule has 1 aromatic heterocycles. The Hall–Kier alpha value is -3.08. The van der Waals surface area contributed by atoms with Crippen molar-refractivity contribution in [2.24, 2.45) is 5.92 Å². The standard InChI is InChI=1S/C23H23N3O2/c1-14(27)26-12-19-17-7-2-3-8-18(17)23(20(19)13-26)25-22(28)10-15-11-24-21-9-5-4-6-16(15)21/h2-9,11,19-20,23-24H,10,12-13H2,1H3,(H,25,28)/t19-,20-,23-/m0/s1. The van der Waals surface area contributed by atoms with Crippen LogP contribution in [0.15, 0.2) is 54.7 Å². The number of carbonyl (C=O) groups is 2. The molecule has 2 aliphatic rings. The second kappa shape index (κ2) is 6.51. The lowest BCUT2D eigenvalue weighted by molar-refractivity contribution is -0.128. The van der Waals surface area contributed by atoms with Crippen LogP contribution in [-0.2, 0) is 16.0 Å². The number of benzene rings is 2. The molecular formula is C23H23N3O2. The molecule has 0 saturated carbocycles. The fraction of sp³-hybridized carbons (Fsp3) is 0.304. The number of fused-ring (bicyclic) bond motifs is 4. The fourth-order valence-corrected chi connectivity index (χ4v) is 4.98. The molecule has 28 heavy (non-hydrogen) atoms. The smallest absolute Gasteiger partial charge is 0.224 e. The van der Waals surface area contributed by atoms with Gasteiger partial charge in [-0.2, -0.15) is 0 Å². The Balaban J connectivity index is 1.39. The van der Waals surface area contributed by atoms with Gasteiger partial charge in [0.05, 0.1) is 12.5 Å². The van der Waals surface area contributed by atoms with Crippen molar-refractivity contribution >= 4 is 22.7 Å². The molecule has 2 N–H and O–H groups in total. The number of hydrogen-bond donors (Lipinski definition) is 2. The van der Waals surface area contributed by atoms with E-state index in [0.717, 1.165) is 23.0 Å². The van der Waals surface area contributed by atoms with Gasteiger partial charge in [-0.15, -0.1) is 0 Å². The maximum absolute atomic E-state index is 12.9. The highest BCUT2D eigenvalue weighted by molar-refractivity contribution is 5.89. The zero-order valence-electron chi connectivity index (χ0n) is 15.8. The van der Waals surface area contributed by atoms with Crippen molar-refractivity contribution in [3.05, 3.63) is 71.4 Å². The van der Waals surface area contributed by atoms with E-state index in [2.05, 4.69) is 22.4 Å². The van der Waals surface area contributed by atoms with E-state index in [-0.39, 0.29) is 23.8 Å². The van der Waals surface area contributed by atoms with Gasteiger partial charge in [0.15, 0.2) is 0 Å². The number of nitrogens with zero attached hydrogens (tertiary/aromatic N) is 1. The van der Waals surface area contributed by atoms with Crippen molar-refractivity contribution in [1.29, 1.82) is 0 Å². The average Bonchev–Trinajstić information content (AvgIpc) is 3.37. The lowest BCUT2D eigenvalue weighted by Crippen LogP contribution is -2.35. The van der Waals surface area contributed by atoms with Crippen LogP contribution >= 0.6 is 0 Å². The highest BCUT2D eigenvalue weighted by atomic mass is 16.2. The molecule has 2 amide bonds. The van der Waals surface area contributed by atoms with Crippen LogP contribution in [0.2, 0.25) is 0 Å². The van der Waals surface area contributed by atoms with Gasteiger partial charge in [0, 0.05) is 48.9 Å². The van der Waals surface area contributed by atoms with Gasteiger partial charge in [0.1, 0.15) is 0 Å². The second-order valence-electron chi connectivity index (χ2n) is 7.90. The normalized spacial score (nSPS) is 22.9. The maximum Gasteiger partial charge on any atom is 0.224 e. The molecular weight excluding hydrogens is 350 g/mol. The number of aromatic amines is 1. The van der Waals surface area contributed by atoms with Crippen LogP contribution < -0.4 is 5.32 Å². The lowest BCUT2D eigenvalue weighted by atomic mass is 9.94. The molecule has 3 aromatic rings. The summed E-state index contributed by atoms with van der Waals surface area (Å²) in [5.41, 5.74) is 4.53. The van der Waals surface area contributed by atoms with Crippen LogP contribution in [0, 0.1) is 5.92 Å². The third-order valence-electron chi connectivity index (χ3n) is 6.31. The van der Waals surface area contributed by atoms with E-state index in [1.807, 2.05) is 47.5 Å². The molecule has 0 bridgehead atoms. The van der Waals surface area contributed by atoms with Crippen LogP contribution in [0.3, 0.4) is 0 Å². The van der Waals surface area contributed by atoms with Gasteiger partial charge >= 0.3 is 0 Å². The molecule has 2 heterocycles. The Labute approximate surface area is 163 Å². The van der Waals surface area contributed by atoms with E-state index >= 15 is 0 Å². The molecule has 5 nitrogen and oxygen atoms in total. The van der Waals surface area contributed by atoms with Gasteiger partial charge in [-0.05, 0) is 22.8 Å². The number of amides is 2. The molecule has 5 heteroatoms. The topological polar surface area (TPSA) is 65.2 Å². The van der Waals surface area contributed by atoms with Crippen molar-refractivity contribution in [2.75, 3.05) is 13.1 Å². The summed E-state index contributed by atoms with van der Waals surface area (Å²) < 4.78 is 0. The fourth-order valence-electron chi connectivity index (χ4n) is 4.98. The predicted octanol–water partition coefficient (Wildman–Crippen LogP) is 3.14. The van der Waals surface area contributed by atoms with Crippen molar-refractivity contribution in [3.63, 3.8) is 0 Å². The number of H-pyrrole nitrogens is 1. The maximum atomic E-state index is 12.9. The number of para-hydroxylation sites is 1. The zero-order chi connectivity index (χ0) is 19.3. The minimum Gasteiger partial charge on any atom is -0.361 e.